The van der Waals surface area contributed by atoms with Crippen molar-refractivity contribution in [3.05, 3.63) is 0 Å². The van der Waals surface area contributed by atoms with Crippen molar-refractivity contribution in [3.63, 3.8) is 0 Å². The molecular weight excluding hydrogens is 550 g/mol. The molecule has 0 fully saturated rings. The summed E-state index contributed by atoms with van der Waals surface area (Å²) in [7, 11) is 4.81. The summed E-state index contributed by atoms with van der Waals surface area (Å²) in [6.45, 7) is 7.80. The lowest BCUT2D eigenvalue weighted by atomic mass is 10.0. The number of hydrogen-bond donors (Lipinski definition) is 0. The van der Waals surface area contributed by atoms with Crippen LogP contribution >= 0.6 is 0 Å². The lowest BCUT2D eigenvalue weighted by Crippen LogP contribution is -2.41. The van der Waals surface area contributed by atoms with Crippen molar-refractivity contribution in [2.24, 2.45) is 0 Å². The predicted octanol–water partition coefficient (Wildman–Crippen LogP) is 13.9. The molecule has 0 saturated carbocycles. The Hall–Kier alpha value is -0.570. The van der Waals surface area contributed by atoms with Crippen LogP contribution in [0.2, 0.25) is 0 Å². The first kappa shape index (κ1) is 44.4. The number of rotatable bonds is 38. The van der Waals surface area contributed by atoms with E-state index in [0.29, 0.717) is 13.0 Å². The fourth-order valence-electron chi connectivity index (χ4n) is 6.74. The number of nitrogens with zero attached hydrogens (tertiary/aromatic N) is 1. The largest absolute Gasteiger partial charge is 0.466 e. The minimum Gasteiger partial charge on any atom is -0.466 e. The quantitative estimate of drug-likeness (QED) is 0.0383. The van der Waals surface area contributed by atoms with Gasteiger partial charge in [0, 0.05) is 6.42 Å². The molecule has 0 aliphatic rings. The Morgan fingerprint density at radius 1 is 0.378 bits per heavy atom. The third kappa shape index (κ3) is 37.8. The van der Waals surface area contributed by atoms with Gasteiger partial charge in [0.05, 0.1) is 33.8 Å². The lowest BCUT2D eigenvalue weighted by Gasteiger charge is -2.30. The van der Waals surface area contributed by atoms with Gasteiger partial charge in [0.2, 0.25) is 0 Å². The topological polar surface area (TPSA) is 26.3 Å². The van der Waals surface area contributed by atoms with E-state index in [9.17, 15) is 4.79 Å². The lowest BCUT2D eigenvalue weighted by molar-refractivity contribution is -0.890. The average Bonchev–Trinajstić information content (AvgIpc) is 3.02. The second kappa shape index (κ2) is 36.3. The molecule has 0 aromatic heterocycles. The predicted molar refractivity (Wildman–Crippen MR) is 201 cm³/mol. The highest BCUT2D eigenvalue weighted by molar-refractivity contribution is 5.69. The van der Waals surface area contributed by atoms with Gasteiger partial charge in [-0.1, -0.05) is 181 Å². The first-order chi connectivity index (χ1) is 22.0. The number of hydrogen-bond acceptors (Lipinski definition) is 2. The third-order valence-corrected chi connectivity index (χ3v) is 10.0. The summed E-state index contributed by atoms with van der Waals surface area (Å²) in [6, 6.07) is 0. The monoisotopic (exact) mass is 637 g/mol. The molecule has 3 heteroatoms. The number of esters is 1. The highest BCUT2D eigenvalue weighted by Crippen LogP contribution is 2.16. The molecule has 0 unspecified atom stereocenters. The zero-order valence-electron chi connectivity index (χ0n) is 31.9. The highest BCUT2D eigenvalue weighted by atomic mass is 16.5. The number of ether oxygens (including phenoxy) is 1. The number of quaternary nitrogens is 1. The smallest absolute Gasteiger partial charge is 0.305 e. The van der Waals surface area contributed by atoms with E-state index >= 15 is 0 Å². The van der Waals surface area contributed by atoms with E-state index in [0.717, 1.165) is 17.3 Å². The highest BCUT2D eigenvalue weighted by Gasteiger charge is 2.13. The van der Waals surface area contributed by atoms with Crippen molar-refractivity contribution in [3.8, 4) is 0 Å². The van der Waals surface area contributed by atoms with Crippen molar-refractivity contribution in [2.45, 2.75) is 232 Å². The molecule has 0 aliphatic carbocycles. The molecule has 0 aromatic rings. The normalized spacial score (nSPS) is 11.8. The summed E-state index contributed by atoms with van der Waals surface area (Å²) in [6.07, 6.45) is 45.8. The summed E-state index contributed by atoms with van der Waals surface area (Å²) in [4.78, 5) is 12.0. The van der Waals surface area contributed by atoms with Gasteiger partial charge < -0.3 is 9.22 Å². The van der Waals surface area contributed by atoms with Crippen molar-refractivity contribution in [1.29, 1.82) is 0 Å². The molecular formula is C42H86NO2+. The number of carbonyl (C=O) groups is 1. The van der Waals surface area contributed by atoms with Crippen LogP contribution in [-0.2, 0) is 9.53 Å². The fraction of sp³-hybridized carbons (Fsp3) is 0.976. The van der Waals surface area contributed by atoms with Gasteiger partial charge in [-0.2, -0.15) is 0 Å². The molecule has 0 saturated heterocycles. The summed E-state index contributed by atoms with van der Waals surface area (Å²) in [5.41, 5.74) is 0. The average molecular weight is 637 g/mol. The Labute approximate surface area is 285 Å². The summed E-state index contributed by atoms with van der Waals surface area (Å²) < 4.78 is 6.66. The maximum Gasteiger partial charge on any atom is 0.305 e. The summed E-state index contributed by atoms with van der Waals surface area (Å²) >= 11 is 0. The van der Waals surface area contributed by atoms with Crippen LogP contribution in [0.1, 0.15) is 232 Å². The SMILES string of the molecule is CCCCCCCCCCCCCCCCCC(=O)OCCCCCC[N+](C)(C)CCCCCCCCCCCCCCCC. The molecule has 3 nitrogen and oxygen atoms in total. The van der Waals surface area contributed by atoms with Crippen LogP contribution in [0.4, 0.5) is 0 Å². The van der Waals surface area contributed by atoms with Crippen LogP contribution in [0, 0.1) is 0 Å². The Kier molecular flexibility index (Phi) is 35.8. The van der Waals surface area contributed by atoms with Gasteiger partial charge in [-0.05, 0) is 44.9 Å². The van der Waals surface area contributed by atoms with Crippen LogP contribution in [-0.4, -0.2) is 44.2 Å². The molecule has 270 valence electrons. The fourth-order valence-corrected chi connectivity index (χ4v) is 6.74. The van der Waals surface area contributed by atoms with E-state index < -0.39 is 0 Å². The zero-order chi connectivity index (χ0) is 32.9. The van der Waals surface area contributed by atoms with Crippen molar-refractivity contribution in [2.75, 3.05) is 33.8 Å². The van der Waals surface area contributed by atoms with E-state index in [4.69, 9.17) is 4.74 Å². The van der Waals surface area contributed by atoms with Crippen LogP contribution in [0.15, 0.2) is 0 Å². The summed E-state index contributed by atoms with van der Waals surface area (Å²) in [5, 5.41) is 0. The Balaban J connectivity index is 3.35. The molecule has 0 aliphatic heterocycles. The van der Waals surface area contributed by atoms with E-state index in [1.165, 1.54) is 212 Å². The van der Waals surface area contributed by atoms with Crippen LogP contribution < -0.4 is 0 Å². The Morgan fingerprint density at radius 2 is 0.644 bits per heavy atom. The van der Waals surface area contributed by atoms with Crippen molar-refractivity contribution in [1.82, 2.24) is 0 Å². The van der Waals surface area contributed by atoms with Crippen LogP contribution in [0.5, 0.6) is 0 Å². The van der Waals surface area contributed by atoms with Crippen molar-refractivity contribution < 1.29 is 14.0 Å². The van der Waals surface area contributed by atoms with Crippen LogP contribution in [0.3, 0.4) is 0 Å². The molecule has 0 aromatic carbocycles. The number of unbranched alkanes of at least 4 members (excludes halogenated alkanes) is 30. The Morgan fingerprint density at radius 3 is 0.978 bits per heavy atom. The van der Waals surface area contributed by atoms with E-state index in [1.807, 2.05) is 0 Å². The molecule has 0 radical (unpaired) electrons. The van der Waals surface area contributed by atoms with Gasteiger partial charge in [0.25, 0.3) is 0 Å². The maximum absolute atomic E-state index is 12.0. The van der Waals surface area contributed by atoms with E-state index in [2.05, 4.69) is 27.9 Å². The third-order valence-electron chi connectivity index (χ3n) is 10.0. The number of carbonyl (C=O) groups excluding carboxylic acids is 1. The molecule has 0 bridgehead atoms. The Bertz CT molecular complexity index is 575. The minimum atomic E-state index is 0.0238. The molecule has 0 atom stereocenters. The first-order valence-corrected chi connectivity index (χ1v) is 21.0. The maximum atomic E-state index is 12.0. The van der Waals surface area contributed by atoms with E-state index in [-0.39, 0.29) is 5.97 Å². The molecule has 0 amide bonds. The minimum absolute atomic E-state index is 0.0238. The van der Waals surface area contributed by atoms with Crippen LogP contribution in [0.25, 0.3) is 0 Å². The molecule has 0 spiro atoms. The standard InChI is InChI=1S/C42H86NO2/c1-5-7-9-11-13-15-17-19-21-22-24-26-28-30-34-38-42(44)45-41-37-33-32-36-40-43(3,4)39-35-31-29-27-25-23-20-18-16-14-12-10-8-6-2/h5-41H2,1-4H3/q+1. The molecule has 0 heterocycles. The summed E-state index contributed by atoms with van der Waals surface area (Å²) in [5.74, 6) is 0.0238. The zero-order valence-corrected chi connectivity index (χ0v) is 31.9. The second-order valence-corrected chi connectivity index (χ2v) is 15.3. The van der Waals surface area contributed by atoms with Gasteiger partial charge in [-0.25, -0.2) is 0 Å². The van der Waals surface area contributed by atoms with Gasteiger partial charge >= 0.3 is 5.97 Å². The first-order valence-electron chi connectivity index (χ1n) is 21.0. The molecule has 0 rings (SSSR count). The molecule has 0 N–H and O–H groups in total. The van der Waals surface area contributed by atoms with Gasteiger partial charge in [0.15, 0.2) is 0 Å². The van der Waals surface area contributed by atoms with Gasteiger partial charge in [-0.15, -0.1) is 0 Å². The second-order valence-electron chi connectivity index (χ2n) is 15.3. The van der Waals surface area contributed by atoms with Gasteiger partial charge in [0.1, 0.15) is 0 Å². The van der Waals surface area contributed by atoms with Crippen molar-refractivity contribution >= 4 is 5.97 Å². The van der Waals surface area contributed by atoms with Gasteiger partial charge in [-0.3, -0.25) is 4.79 Å². The molecule has 45 heavy (non-hydrogen) atoms. The van der Waals surface area contributed by atoms with E-state index in [1.54, 1.807) is 0 Å².